The van der Waals surface area contributed by atoms with Crippen LogP contribution in [-0.2, 0) is 4.79 Å². The summed E-state index contributed by atoms with van der Waals surface area (Å²) in [6, 6.07) is 14.0. The molecule has 8 heteroatoms. The van der Waals surface area contributed by atoms with Gasteiger partial charge in [-0.3, -0.25) is 19.5 Å². The number of thioether (sulfide) groups is 1. The lowest BCUT2D eigenvalue weighted by Crippen LogP contribution is -2.40. The number of imide groups is 1. The molecule has 0 aliphatic heterocycles. The molecule has 0 bridgehead atoms. The summed E-state index contributed by atoms with van der Waals surface area (Å²) in [6.07, 6.45) is 0. The van der Waals surface area contributed by atoms with Crippen molar-refractivity contribution in [2.45, 2.75) is 19.0 Å². The number of fused-ring (bicyclic) bond motifs is 1. The van der Waals surface area contributed by atoms with Crippen LogP contribution in [-0.4, -0.2) is 33.8 Å². The first-order valence-corrected chi connectivity index (χ1v) is 9.77. The monoisotopic (exact) mass is 396 g/mol. The van der Waals surface area contributed by atoms with Crippen LogP contribution in [0.3, 0.4) is 0 Å². The van der Waals surface area contributed by atoms with Gasteiger partial charge in [0.05, 0.1) is 22.3 Å². The molecule has 1 heterocycles. The van der Waals surface area contributed by atoms with Crippen LogP contribution in [0.2, 0.25) is 0 Å². The summed E-state index contributed by atoms with van der Waals surface area (Å²) in [5.41, 5.74) is 2.09. The first kappa shape index (κ1) is 19.6. The molecule has 0 saturated carbocycles. The molecular weight excluding hydrogens is 376 g/mol. The third-order valence-electron chi connectivity index (χ3n) is 3.96. The number of amides is 3. The van der Waals surface area contributed by atoms with Crippen molar-refractivity contribution in [3.8, 4) is 5.69 Å². The third kappa shape index (κ3) is 4.40. The van der Waals surface area contributed by atoms with Crippen LogP contribution in [0.5, 0.6) is 0 Å². The molecule has 7 nitrogen and oxygen atoms in total. The second-order valence-electron chi connectivity index (χ2n) is 6.08. The normalized spacial score (nSPS) is 10.6. The van der Waals surface area contributed by atoms with Crippen LogP contribution < -0.4 is 16.2 Å². The highest BCUT2D eigenvalue weighted by molar-refractivity contribution is 7.99. The molecular formula is C20H20N4O3S. The Morgan fingerprint density at radius 2 is 1.82 bits per heavy atom. The second kappa shape index (κ2) is 8.71. The van der Waals surface area contributed by atoms with E-state index in [1.165, 1.54) is 4.57 Å². The van der Waals surface area contributed by atoms with Gasteiger partial charge in [-0.2, -0.15) is 0 Å². The van der Waals surface area contributed by atoms with Gasteiger partial charge in [0.15, 0.2) is 5.16 Å². The molecule has 3 aromatic rings. The van der Waals surface area contributed by atoms with Crippen molar-refractivity contribution in [3.63, 3.8) is 0 Å². The topological polar surface area (TPSA) is 93.1 Å². The van der Waals surface area contributed by atoms with Crippen molar-refractivity contribution in [1.82, 2.24) is 20.2 Å². The number of nitrogens with one attached hydrogen (secondary N) is 2. The standard InChI is InChI=1S/C20H20N4O3S/c1-3-21-19(27)23-17(25)12-28-20-22-16-7-5-4-6-15(16)18(26)24(20)14-10-8-13(2)9-11-14/h4-11H,3,12H2,1-2H3,(H2,21,23,25,27). The number of rotatable bonds is 5. The summed E-state index contributed by atoms with van der Waals surface area (Å²) < 4.78 is 1.49. The predicted molar refractivity (Wildman–Crippen MR) is 110 cm³/mol. The minimum absolute atomic E-state index is 0.0478. The second-order valence-corrected chi connectivity index (χ2v) is 7.03. The van der Waals surface area contributed by atoms with Gasteiger partial charge in [-0.15, -0.1) is 0 Å². The Morgan fingerprint density at radius 3 is 2.54 bits per heavy atom. The van der Waals surface area contributed by atoms with Gasteiger partial charge < -0.3 is 5.32 Å². The van der Waals surface area contributed by atoms with Gasteiger partial charge in [-0.1, -0.05) is 41.6 Å². The predicted octanol–water partition coefficient (Wildman–Crippen LogP) is 2.63. The van der Waals surface area contributed by atoms with Crippen molar-refractivity contribution in [2.75, 3.05) is 12.3 Å². The van der Waals surface area contributed by atoms with E-state index in [0.29, 0.717) is 28.3 Å². The number of nitrogens with zero attached hydrogens (tertiary/aromatic N) is 2. The molecule has 144 valence electrons. The number of para-hydroxylation sites is 1. The van der Waals surface area contributed by atoms with Crippen LogP contribution in [0.15, 0.2) is 58.5 Å². The summed E-state index contributed by atoms with van der Waals surface area (Å²) >= 11 is 1.10. The highest BCUT2D eigenvalue weighted by atomic mass is 32.2. The molecule has 0 aliphatic carbocycles. The number of hydrogen-bond donors (Lipinski definition) is 2. The fourth-order valence-electron chi connectivity index (χ4n) is 2.63. The Balaban J connectivity index is 1.97. The van der Waals surface area contributed by atoms with Crippen LogP contribution in [0.4, 0.5) is 4.79 Å². The highest BCUT2D eigenvalue weighted by Gasteiger charge is 2.15. The molecule has 2 aromatic carbocycles. The van der Waals surface area contributed by atoms with E-state index in [4.69, 9.17) is 0 Å². The van der Waals surface area contributed by atoms with Gasteiger partial charge in [0.1, 0.15) is 0 Å². The van der Waals surface area contributed by atoms with E-state index in [2.05, 4.69) is 15.6 Å². The van der Waals surface area contributed by atoms with Gasteiger partial charge >= 0.3 is 6.03 Å². The lowest BCUT2D eigenvalue weighted by molar-refractivity contribution is -0.117. The van der Waals surface area contributed by atoms with Gasteiger partial charge in [-0.05, 0) is 38.1 Å². The average Bonchev–Trinajstić information content (AvgIpc) is 2.68. The zero-order valence-corrected chi connectivity index (χ0v) is 16.4. The molecule has 0 spiro atoms. The number of aryl methyl sites for hydroxylation is 1. The van der Waals surface area contributed by atoms with E-state index in [-0.39, 0.29) is 11.3 Å². The molecule has 0 aliphatic rings. The lowest BCUT2D eigenvalue weighted by Gasteiger charge is -2.13. The SMILES string of the molecule is CCNC(=O)NC(=O)CSc1nc2ccccc2c(=O)n1-c1ccc(C)cc1. The molecule has 0 radical (unpaired) electrons. The van der Waals surface area contributed by atoms with E-state index in [1.54, 1.807) is 31.2 Å². The molecule has 2 N–H and O–H groups in total. The molecule has 0 saturated heterocycles. The fourth-order valence-corrected chi connectivity index (χ4v) is 3.44. The number of hydrogen-bond acceptors (Lipinski definition) is 5. The zero-order chi connectivity index (χ0) is 20.1. The molecule has 3 amide bonds. The fraction of sp³-hybridized carbons (Fsp3) is 0.200. The summed E-state index contributed by atoms with van der Waals surface area (Å²) in [6.45, 7) is 4.15. The zero-order valence-electron chi connectivity index (χ0n) is 15.6. The minimum atomic E-state index is -0.546. The Bertz CT molecular complexity index is 1080. The van der Waals surface area contributed by atoms with Crippen molar-refractivity contribution in [1.29, 1.82) is 0 Å². The number of carbonyl (C=O) groups is 2. The van der Waals surface area contributed by atoms with Crippen LogP contribution >= 0.6 is 11.8 Å². The average molecular weight is 396 g/mol. The van der Waals surface area contributed by atoms with E-state index < -0.39 is 11.9 Å². The maximum atomic E-state index is 13.1. The summed E-state index contributed by atoms with van der Waals surface area (Å²) in [5, 5.41) is 5.63. The quantitative estimate of drug-likeness (QED) is 0.511. The van der Waals surface area contributed by atoms with Crippen molar-refractivity contribution >= 4 is 34.6 Å². The molecule has 0 fully saturated rings. The molecule has 0 atom stereocenters. The molecule has 1 aromatic heterocycles. The maximum Gasteiger partial charge on any atom is 0.321 e. The largest absolute Gasteiger partial charge is 0.338 e. The van der Waals surface area contributed by atoms with Crippen molar-refractivity contribution in [2.24, 2.45) is 0 Å². The first-order valence-electron chi connectivity index (χ1n) is 8.79. The van der Waals surface area contributed by atoms with E-state index in [1.807, 2.05) is 31.2 Å². The first-order chi connectivity index (χ1) is 13.5. The van der Waals surface area contributed by atoms with Crippen LogP contribution in [0.1, 0.15) is 12.5 Å². The van der Waals surface area contributed by atoms with Crippen molar-refractivity contribution in [3.05, 3.63) is 64.4 Å². The van der Waals surface area contributed by atoms with Gasteiger partial charge in [0, 0.05) is 6.54 Å². The van der Waals surface area contributed by atoms with E-state index in [0.717, 1.165) is 17.3 Å². The number of urea groups is 1. The maximum absolute atomic E-state index is 13.1. The number of carbonyl (C=O) groups excluding carboxylic acids is 2. The highest BCUT2D eigenvalue weighted by Crippen LogP contribution is 2.21. The lowest BCUT2D eigenvalue weighted by atomic mass is 10.2. The number of aromatic nitrogens is 2. The van der Waals surface area contributed by atoms with E-state index in [9.17, 15) is 14.4 Å². The molecule has 0 unspecified atom stereocenters. The van der Waals surface area contributed by atoms with E-state index >= 15 is 0 Å². The Labute approximate surface area is 166 Å². The van der Waals surface area contributed by atoms with Gasteiger partial charge in [0.2, 0.25) is 5.91 Å². The minimum Gasteiger partial charge on any atom is -0.338 e. The summed E-state index contributed by atoms with van der Waals surface area (Å²) in [7, 11) is 0. The van der Waals surface area contributed by atoms with Crippen LogP contribution in [0.25, 0.3) is 16.6 Å². The summed E-state index contributed by atoms with van der Waals surface area (Å²) in [4.78, 5) is 41.2. The van der Waals surface area contributed by atoms with Gasteiger partial charge in [0.25, 0.3) is 5.56 Å². The number of benzene rings is 2. The smallest absolute Gasteiger partial charge is 0.321 e. The Kier molecular flexibility index (Phi) is 6.10. The van der Waals surface area contributed by atoms with Crippen LogP contribution in [0, 0.1) is 6.92 Å². The Morgan fingerprint density at radius 1 is 1.11 bits per heavy atom. The Hall–Kier alpha value is -3.13. The molecule has 3 rings (SSSR count). The third-order valence-corrected chi connectivity index (χ3v) is 4.90. The van der Waals surface area contributed by atoms with Crippen molar-refractivity contribution < 1.29 is 9.59 Å². The summed E-state index contributed by atoms with van der Waals surface area (Å²) in [5.74, 6) is -0.512. The molecule has 28 heavy (non-hydrogen) atoms. The van der Waals surface area contributed by atoms with Gasteiger partial charge in [-0.25, -0.2) is 9.78 Å².